The molecule has 2 aliphatic carbocycles. The van der Waals surface area contributed by atoms with Crippen LogP contribution in [0, 0.1) is 26.2 Å². The molecule has 2 saturated carbocycles. The Kier molecular flexibility index (Phi) is 3.03. The molecular formula is C16H14IN3O. The lowest BCUT2D eigenvalue weighted by Crippen LogP contribution is -2.46. The third-order valence-corrected chi connectivity index (χ3v) is 5.45. The zero-order chi connectivity index (χ0) is 14.4. The van der Waals surface area contributed by atoms with Crippen LogP contribution in [0.4, 0.5) is 0 Å². The second-order valence-electron chi connectivity index (χ2n) is 6.31. The standard InChI is InChI=1S/C16H14IN3O/c17-13-3-1-2-11(4-13)14-19-15(21-20-14)12-7-16(8-12)5-10(6-16)9-18/h1-4,10,12H,5-8H2. The van der Waals surface area contributed by atoms with Crippen molar-refractivity contribution in [3.05, 3.63) is 33.7 Å². The van der Waals surface area contributed by atoms with Crippen LogP contribution in [-0.2, 0) is 0 Å². The summed E-state index contributed by atoms with van der Waals surface area (Å²) in [7, 11) is 0. The number of rotatable bonds is 2. The van der Waals surface area contributed by atoms with Crippen LogP contribution < -0.4 is 0 Å². The van der Waals surface area contributed by atoms with Crippen molar-refractivity contribution in [1.29, 1.82) is 5.26 Å². The van der Waals surface area contributed by atoms with E-state index in [0.29, 0.717) is 17.2 Å². The van der Waals surface area contributed by atoms with Crippen molar-refractivity contribution < 1.29 is 4.52 Å². The zero-order valence-corrected chi connectivity index (χ0v) is 13.6. The molecule has 4 rings (SSSR count). The Bertz CT molecular complexity index is 719. The second-order valence-corrected chi connectivity index (χ2v) is 7.55. The summed E-state index contributed by atoms with van der Waals surface area (Å²) in [5.74, 6) is 2.09. The van der Waals surface area contributed by atoms with Crippen LogP contribution in [0.25, 0.3) is 11.4 Å². The van der Waals surface area contributed by atoms with Gasteiger partial charge in [0.2, 0.25) is 11.7 Å². The number of benzene rings is 1. The van der Waals surface area contributed by atoms with Gasteiger partial charge in [0.1, 0.15) is 0 Å². The summed E-state index contributed by atoms with van der Waals surface area (Å²) in [4.78, 5) is 4.56. The van der Waals surface area contributed by atoms with Crippen molar-refractivity contribution in [2.45, 2.75) is 31.6 Å². The van der Waals surface area contributed by atoms with Crippen LogP contribution in [0.3, 0.4) is 0 Å². The minimum Gasteiger partial charge on any atom is -0.339 e. The summed E-state index contributed by atoms with van der Waals surface area (Å²) < 4.78 is 6.61. The largest absolute Gasteiger partial charge is 0.339 e. The minimum absolute atomic E-state index is 0.274. The lowest BCUT2D eigenvalue weighted by atomic mass is 9.48. The fourth-order valence-electron chi connectivity index (χ4n) is 3.72. The second kappa shape index (κ2) is 4.80. The fraction of sp³-hybridized carbons (Fsp3) is 0.438. The number of nitrogens with zero attached hydrogens (tertiary/aromatic N) is 3. The van der Waals surface area contributed by atoms with Crippen molar-refractivity contribution in [2.75, 3.05) is 0 Å². The molecule has 2 fully saturated rings. The van der Waals surface area contributed by atoms with E-state index in [9.17, 15) is 0 Å². The first-order valence-corrected chi connectivity index (χ1v) is 8.24. The summed E-state index contributed by atoms with van der Waals surface area (Å²) >= 11 is 2.28. The van der Waals surface area contributed by atoms with Gasteiger partial charge in [-0.2, -0.15) is 10.2 Å². The summed E-state index contributed by atoms with van der Waals surface area (Å²) in [6, 6.07) is 10.5. The molecular weight excluding hydrogens is 377 g/mol. The van der Waals surface area contributed by atoms with Crippen molar-refractivity contribution in [2.24, 2.45) is 11.3 Å². The Labute approximate surface area is 136 Å². The average molecular weight is 391 g/mol. The van der Waals surface area contributed by atoms with Crippen molar-refractivity contribution in [3.63, 3.8) is 0 Å². The van der Waals surface area contributed by atoms with Crippen LogP contribution in [0.2, 0.25) is 0 Å². The normalized spacial score (nSPS) is 30.5. The molecule has 0 radical (unpaired) electrons. The van der Waals surface area contributed by atoms with E-state index in [2.05, 4.69) is 44.9 Å². The summed E-state index contributed by atoms with van der Waals surface area (Å²) in [5, 5.41) is 13.0. The third kappa shape index (κ3) is 2.26. The Morgan fingerprint density at radius 2 is 2.10 bits per heavy atom. The van der Waals surface area contributed by atoms with Gasteiger partial charge in [-0.3, -0.25) is 0 Å². The van der Waals surface area contributed by atoms with Gasteiger partial charge in [-0.25, -0.2) is 0 Å². The van der Waals surface area contributed by atoms with Crippen LogP contribution in [0.1, 0.15) is 37.5 Å². The molecule has 0 atom stereocenters. The Hall–Kier alpha value is -1.42. The molecule has 4 nitrogen and oxygen atoms in total. The van der Waals surface area contributed by atoms with Crippen LogP contribution >= 0.6 is 22.6 Å². The van der Waals surface area contributed by atoms with Gasteiger partial charge in [0.15, 0.2) is 0 Å². The summed E-state index contributed by atoms with van der Waals surface area (Å²) in [5.41, 5.74) is 1.40. The third-order valence-electron chi connectivity index (χ3n) is 4.77. The predicted octanol–water partition coefficient (Wildman–Crippen LogP) is 4.14. The number of nitriles is 1. The molecule has 106 valence electrons. The lowest BCUT2D eigenvalue weighted by Gasteiger charge is -2.55. The molecule has 1 heterocycles. The molecule has 5 heteroatoms. The van der Waals surface area contributed by atoms with Crippen molar-refractivity contribution in [3.8, 4) is 17.5 Å². The molecule has 0 aliphatic heterocycles. The molecule has 1 aromatic carbocycles. The molecule has 1 aromatic heterocycles. The molecule has 0 saturated heterocycles. The van der Waals surface area contributed by atoms with E-state index >= 15 is 0 Å². The summed E-state index contributed by atoms with van der Waals surface area (Å²) in [6.07, 6.45) is 4.30. The fourth-order valence-corrected chi connectivity index (χ4v) is 4.26. The van der Waals surface area contributed by atoms with E-state index in [0.717, 1.165) is 40.7 Å². The number of hydrogen-bond acceptors (Lipinski definition) is 4. The monoisotopic (exact) mass is 391 g/mol. The molecule has 0 N–H and O–H groups in total. The van der Waals surface area contributed by atoms with Crippen LogP contribution in [0.15, 0.2) is 28.8 Å². The van der Waals surface area contributed by atoms with Gasteiger partial charge in [0.25, 0.3) is 0 Å². The molecule has 1 spiro atoms. The highest BCUT2D eigenvalue weighted by Crippen LogP contribution is 2.63. The molecule has 2 aromatic rings. The van der Waals surface area contributed by atoms with E-state index in [1.54, 1.807) is 0 Å². The van der Waals surface area contributed by atoms with Crippen LogP contribution in [0.5, 0.6) is 0 Å². The van der Waals surface area contributed by atoms with Gasteiger partial charge >= 0.3 is 0 Å². The Balaban J connectivity index is 1.46. The van der Waals surface area contributed by atoms with Crippen LogP contribution in [-0.4, -0.2) is 10.1 Å². The number of halogens is 1. The molecule has 2 aliphatic rings. The highest BCUT2D eigenvalue weighted by atomic mass is 127. The van der Waals surface area contributed by atoms with Gasteiger partial charge in [-0.1, -0.05) is 17.3 Å². The van der Waals surface area contributed by atoms with E-state index in [1.807, 2.05) is 18.2 Å². The van der Waals surface area contributed by atoms with Gasteiger partial charge < -0.3 is 4.52 Å². The maximum Gasteiger partial charge on any atom is 0.230 e. The van der Waals surface area contributed by atoms with E-state index in [1.165, 1.54) is 0 Å². The topological polar surface area (TPSA) is 62.7 Å². The average Bonchev–Trinajstić information content (AvgIpc) is 2.85. The highest BCUT2D eigenvalue weighted by molar-refractivity contribution is 14.1. The summed E-state index contributed by atoms with van der Waals surface area (Å²) in [6.45, 7) is 0. The molecule has 0 unspecified atom stereocenters. The maximum absolute atomic E-state index is 8.88. The molecule has 0 bridgehead atoms. The van der Waals surface area contributed by atoms with Gasteiger partial charge in [-0.05, 0) is 65.8 Å². The first kappa shape index (κ1) is 13.3. The quantitative estimate of drug-likeness (QED) is 0.722. The van der Waals surface area contributed by atoms with Crippen molar-refractivity contribution in [1.82, 2.24) is 10.1 Å². The SMILES string of the molecule is N#CC1CC2(C1)CC(c1nc(-c3cccc(I)c3)no1)C2. The smallest absolute Gasteiger partial charge is 0.230 e. The molecule has 0 amide bonds. The minimum atomic E-state index is 0.274. The Morgan fingerprint density at radius 3 is 2.81 bits per heavy atom. The van der Waals surface area contributed by atoms with Gasteiger partial charge in [0.05, 0.1) is 6.07 Å². The lowest BCUT2D eigenvalue weighted by molar-refractivity contribution is -0.0291. The van der Waals surface area contributed by atoms with Gasteiger partial charge in [-0.15, -0.1) is 0 Å². The van der Waals surface area contributed by atoms with E-state index < -0.39 is 0 Å². The predicted molar refractivity (Wildman–Crippen MR) is 85.2 cm³/mol. The first-order chi connectivity index (χ1) is 10.2. The first-order valence-electron chi connectivity index (χ1n) is 7.17. The van der Waals surface area contributed by atoms with Gasteiger partial charge in [0, 0.05) is 21.0 Å². The zero-order valence-electron chi connectivity index (χ0n) is 11.4. The maximum atomic E-state index is 8.88. The Morgan fingerprint density at radius 1 is 1.29 bits per heavy atom. The van der Waals surface area contributed by atoms with E-state index in [-0.39, 0.29) is 5.92 Å². The highest BCUT2D eigenvalue weighted by Gasteiger charge is 2.54. The number of hydrogen-bond donors (Lipinski definition) is 0. The number of aromatic nitrogens is 2. The van der Waals surface area contributed by atoms with Crippen molar-refractivity contribution >= 4 is 22.6 Å². The van der Waals surface area contributed by atoms with E-state index in [4.69, 9.17) is 9.78 Å². The molecule has 21 heavy (non-hydrogen) atoms.